The SMILES string of the molecule is C[C@@H](NS(=O)(=O)c1cc(C(=O)O)ccc1N1CCCCC1)c1ccccc1. The molecular formula is C20H24N2O4S. The van der Waals surface area contributed by atoms with Gasteiger partial charge in [0.1, 0.15) is 4.90 Å². The van der Waals surface area contributed by atoms with Gasteiger partial charge in [0.25, 0.3) is 0 Å². The van der Waals surface area contributed by atoms with Crippen molar-refractivity contribution >= 4 is 21.7 Å². The molecule has 1 fully saturated rings. The van der Waals surface area contributed by atoms with E-state index in [2.05, 4.69) is 4.72 Å². The molecule has 0 aliphatic carbocycles. The van der Waals surface area contributed by atoms with Crippen LogP contribution in [-0.2, 0) is 10.0 Å². The lowest BCUT2D eigenvalue weighted by Gasteiger charge is -2.30. The summed E-state index contributed by atoms with van der Waals surface area (Å²) in [6, 6.07) is 13.2. The van der Waals surface area contributed by atoms with Gasteiger partial charge in [0.05, 0.1) is 11.3 Å². The summed E-state index contributed by atoms with van der Waals surface area (Å²) >= 11 is 0. The van der Waals surface area contributed by atoms with E-state index in [1.54, 1.807) is 13.0 Å². The average Bonchev–Trinajstić information content (AvgIpc) is 2.68. The maximum Gasteiger partial charge on any atom is 0.335 e. The zero-order valence-electron chi connectivity index (χ0n) is 15.3. The molecule has 0 aromatic heterocycles. The van der Waals surface area contributed by atoms with Crippen molar-refractivity contribution in [3.05, 3.63) is 59.7 Å². The molecule has 0 unspecified atom stereocenters. The molecule has 2 N–H and O–H groups in total. The molecule has 0 amide bonds. The Labute approximate surface area is 159 Å². The molecule has 6 nitrogen and oxygen atoms in total. The van der Waals surface area contributed by atoms with Crippen LogP contribution in [0.1, 0.15) is 48.1 Å². The summed E-state index contributed by atoms with van der Waals surface area (Å²) in [6.07, 6.45) is 3.11. The Balaban J connectivity index is 1.98. The standard InChI is InChI=1S/C20H24N2O4S/c1-15(16-8-4-2-5-9-16)21-27(25,26)19-14-17(20(23)24)10-11-18(19)22-12-6-3-7-13-22/h2,4-5,8-11,14-15,21H,3,6-7,12-13H2,1H3,(H,23,24)/t15-/m1/s1. The predicted molar refractivity (Wildman–Crippen MR) is 105 cm³/mol. The number of hydrogen-bond acceptors (Lipinski definition) is 4. The van der Waals surface area contributed by atoms with Crippen LogP contribution in [-0.4, -0.2) is 32.6 Å². The Morgan fingerprint density at radius 1 is 1.07 bits per heavy atom. The molecule has 2 aromatic rings. The van der Waals surface area contributed by atoms with Gasteiger partial charge >= 0.3 is 5.97 Å². The van der Waals surface area contributed by atoms with E-state index < -0.39 is 22.0 Å². The predicted octanol–water partition coefficient (Wildman–Crippen LogP) is 3.41. The highest BCUT2D eigenvalue weighted by Gasteiger charge is 2.26. The van der Waals surface area contributed by atoms with E-state index in [9.17, 15) is 18.3 Å². The van der Waals surface area contributed by atoms with Crippen molar-refractivity contribution in [1.82, 2.24) is 4.72 Å². The first-order valence-corrected chi connectivity index (χ1v) is 10.6. The maximum absolute atomic E-state index is 13.1. The van der Waals surface area contributed by atoms with Crippen LogP contribution in [0, 0.1) is 0 Å². The van der Waals surface area contributed by atoms with E-state index in [4.69, 9.17) is 0 Å². The third-order valence-corrected chi connectivity index (χ3v) is 6.39. The molecule has 1 atom stereocenters. The number of sulfonamides is 1. The molecule has 3 rings (SSSR count). The van der Waals surface area contributed by atoms with E-state index in [1.807, 2.05) is 35.2 Å². The van der Waals surface area contributed by atoms with Gasteiger partial charge < -0.3 is 10.0 Å². The minimum atomic E-state index is -3.90. The minimum Gasteiger partial charge on any atom is -0.478 e. The summed E-state index contributed by atoms with van der Waals surface area (Å²) in [5.41, 5.74) is 1.37. The van der Waals surface area contributed by atoms with Crippen LogP contribution in [0.2, 0.25) is 0 Å². The van der Waals surface area contributed by atoms with Crippen molar-refractivity contribution in [3.63, 3.8) is 0 Å². The topological polar surface area (TPSA) is 86.7 Å². The van der Waals surface area contributed by atoms with Crippen molar-refractivity contribution in [2.24, 2.45) is 0 Å². The second-order valence-electron chi connectivity index (χ2n) is 6.79. The van der Waals surface area contributed by atoms with E-state index in [0.717, 1.165) is 37.9 Å². The Morgan fingerprint density at radius 3 is 2.37 bits per heavy atom. The highest BCUT2D eigenvalue weighted by atomic mass is 32.2. The molecule has 1 aliphatic heterocycles. The van der Waals surface area contributed by atoms with Crippen LogP contribution in [0.15, 0.2) is 53.4 Å². The Hall–Kier alpha value is -2.38. The number of piperidine rings is 1. The lowest BCUT2D eigenvalue weighted by Crippen LogP contribution is -2.33. The fraction of sp³-hybridized carbons (Fsp3) is 0.350. The second kappa shape index (κ2) is 8.10. The lowest BCUT2D eigenvalue weighted by atomic mass is 10.1. The van der Waals surface area contributed by atoms with Gasteiger partial charge in [0.2, 0.25) is 10.0 Å². The second-order valence-corrected chi connectivity index (χ2v) is 8.47. The summed E-state index contributed by atoms with van der Waals surface area (Å²) in [7, 11) is -3.90. The van der Waals surface area contributed by atoms with Crippen molar-refractivity contribution < 1.29 is 18.3 Å². The molecule has 27 heavy (non-hydrogen) atoms. The van der Waals surface area contributed by atoms with Gasteiger partial charge in [0, 0.05) is 19.1 Å². The molecule has 1 heterocycles. The summed E-state index contributed by atoms with van der Waals surface area (Å²) in [6.45, 7) is 3.31. The Bertz CT molecular complexity index is 907. The van der Waals surface area contributed by atoms with Crippen molar-refractivity contribution in [2.75, 3.05) is 18.0 Å². The van der Waals surface area contributed by atoms with E-state index in [0.29, 0.717) is 5.69 Å². The summed E-state index contributed by atoms with van der Waals surface area (Å²) < 4.78 is 28.9. The van der Waals surface area contributed by atoms with E-state index in [1.165, 1.54) is 12.1 Å². The van der Waals surface area contributed by atoms with Crippen LogP contribution in [0.25, 0.3) is 0 Å². The van der Waals surface area contributed by atoms with Crippen LogP contribution >= 0.6 is 0 Å². The molecule has 1 saturated heterocycles. The molecule has 0 bridgehead atoms. The highest BCUT2D eigenvalue weighted by Crippen LogP contribution is 2.30. The average molecular weight is 388 g/mol. The molecule has 1 aliphatic rings. The van der Waals surface area contributed by atoms with Gasteiger partial charge in [-0.25, -0.2) is 17.9 Å². The number of carbonyl (C=O) groups is 1. The van der Waals surface area contributed by atoms with Crippen molar-refractivity contribution in [2.45, 2.75) is 37.1 Å². The van der Waals surface area contributed by atoms with Crippen molar-refractivity contribution in [1.29, 1.82) is 0 Å². The van der Waals surface area contributed by atoms with Crippen LogP contribution in [0.5, 0.6) is 0 Å². The summed E-state index contributed by atoms with van der Waals surface area (Å²) in [4.78, 5) is 13.4. The number of nitrogens with one attached hydrogen (secondary N) is 1. The van der Waals surface area contributed by atoms with Gasteiger partial charge in [-0.15, -0.1) is 0 Å². The van der Waals surface area contributed by atoms with E-state index in [-0.39, 0.29) is 10.5 Å². The van der Waals surface area contributed by atoms with Gasteiger partial charge in [-0.2, -0.15) is 0 Å². The largest absolute Gasteiger partial charge is 0.478 e. The first-order valence-electron chi connectivity index (χ1n) is 9.08. The number of benzene rings is 2. The normalized spacial score (nSPS) is 16.1. The van der Waals surface area contributed by atoms with Crippen LogP contribution < -0.4 is 9.62 Å². The fourth-order valence-corrected chi connectivity index (χ4v) is 4.85. The van der Waals surface area contributed by atoms with Crippen LogP contribution in [0.3, 0.4) is 0 Å². The summed E-state index contributed by atoms with van der Waals surface area (Å²) in [5, 5.41) is 9.31. The zero-order chi connectivity index (χ0) is 19.4. The number of nitrogens with zero attached hydrogens (tertiary/aromatic N) is 1. The number of carboxylic acid groups (broad SMARTS) is 1. The highest BCUT2D eigenvalue weighted by molar-refractivity contribution is 7.89. The molecule has 7 heteroatoms. The maximum atomic E-state index is 13.1. The number of carboxylic acids is 1. The van der Waals surface area contributed by atoms with Gasteiger partial charge in [-0.1, -0.05) is 30.3 Å². The molecule has 144 valence electrons. The third kappa shape index (κ3) is 4.48. The van der Waals surface area contributed by atoms with Gasteiger partial charge in [-0.05, 0) is 49.9 Å². The molecule has 0 radical (unpaired) electrons. The number of aromatic carboxylic acids is 1. The minimum absolute atomic E-state index is 0.0204. The van der Waals surface area contributed by atoms with E-state index >= 15 is 0 Å². The third-order valence-electron chi connectivity index (χ3n) is 4.82. The molecular weight excluding hydrogens is 364 g/mol. The Morgan fingerprint density at radius 2 is 1.74 bits per heavy atom. The quantitative estimate of drug-likeness (QED) is 0.792. The zero-order valence-corrected chi connectivity index (χ0v) is 16.1. The van der Waals surface area contributed by atoms with Crippen LogP contribution in [0.4, 0.5) is 5.69 Å². The summed E-state index contributed by atoms with van der Waals surface area (Å²) in [5.74, 6) is -1.15. The van der Waals surface area contributed by atoms with Gasteiger partial charge in [0.15, 0.2) is 0 Å². The molecule has 2 aromatic carbocycles. The lowest BCUT2D eigenvalue weighted by molar-refractivity contribution is 0.0696. The first-order chi connectivity index (χ1) is 12.9. The first kappa shape index (κ1) is 19.4. The molecule has 0 spiro atoms. The van der Waals surface area contributed by atoms with Gasteiger partial charge in [-0.3, -0.25) is 0 Å². The number of hydrogen-bond donors (Lipinski definition) is 2. The number of anilines is 1. The smallest absolute Gasteiger partial charge is 0.335 e. The molecule has 0 saturated carbocycles. The Kier molecular flexibility index (Phi) is 5.82. The fourth-order valence-electron chi connectivity index (χ4n) is 3.36. The van der Waals surface area contributed by atoms with Crippen molar-refractivity contribution in [3.8, 4) is 0 Å². The number of rotatable bonds is 6. The monoisotopic (exact) mass is 388 g/mol.